The Hall–Kier alpha value is -0.980. The number of rotatable bonds is 13. The number of aliphatic hydroxyl groups excluding tert-OH is 4. The van der Waals surface area contributed by atoms with Gasteiger partial charge in [-0.25, -0.2) is 0 Å². The molecule has 1 aliphatic carbocycles. The highest BCUT2D eigenvalue weighted by Crippen LogP contribution is 2.36. The summed E-state index contributed by atoms with van der Waals surface area (Å²) in [6.07, 6.45) is -3.41. The molecular formula is C25H49N5O9. The fraction of sp³-hybridized carbons (Fsp3) is 0.920. The maximum atomic E-state index is 11.5. The smallest absolute Gasteiger partial charge is 0.215 e. The van der Waals surface area contributed by atoms with Crippen molar-refractivity contribution in [2.75, 3.05) is 39.9 Å². The van der Waals surface area contributed by atoms with Crippen molar-refractivity contribution in [1.29, 1.82) is 0 Å². The van der Waals surface area contributed by atoms with Gasteiger partial charge in [0.25, 0.3) is 0 Å². The molecule has 2 unspecified atom stereocenters. The van der Waals surface area contributed by atoms with Crippen LogP contribution in [0.1, 0.15) is 32.6 Å². The fourth-order valence-corrected chi connectivity index (χ4v) is 5.59. The number of nitrogens with one attached hydrogen (secondary N) is 2. The highest BCUT2D eigenvalue weighted by Gasteiger charge is 2.51. The first-order chi connectivity index (χ1) is 18.5. The first-order valence-corrected chi connectivity index (χ1v) is 13.8. The highest BCUT2D eigenvalue weighted by molar-refractivity contribution is 5.04. The number of hydrogen-bond donors (Lipinski definition) is 10. The molecule has 13 N–H and O–H groups in total. The van der Waals surface area contributed by atoms with E-state index in [1.54, 1.807) is 14.0 Å². The zero-order valence-electron chi connectivity index (χ0n) is 22.9. The summed E-state index contributed by atoms with van der Waals surface area (Å²) in [4.78, 5) is 0. The second kappa shape index (κ2) is 14.8. The standard InChI is InChI=1S/C25H49N5O9/c1-25(35)12-36-24(19(34)22(25)29-2)38-20-13(3-4-14(32)10-26)9-17(28)21(18(20)33)39-23-16(27)6-5-15(37-23)11-30-7-8-31/h5,13-14,16-24,29-35H,3-4,6-12,26-28H2,1-2H3/t13-,14?,16-,17+,18-,19-,20+,21?,22-,23-,24-,25+/m1/s1. The van der Waals surface area contributed by atoms with Gasteiger partial charge in [0, 0.05) is 19.1 Å². The topological polar surface area (TPSA) is 240 Å². The first kappa shape index (κ1) is 32.5. The molecule has 0 aromatic heterocycles. The Bertz CT molecular complexity index is 778. The van der Waals surface area contributed by atoms with Crippen LogP contribution in [0.5, 0.6) is 0 Å². The van der Waals surface area contributed by atoms with Gasteiger partial charge >= 0.3 is 0 Å². The summed E-state index contributed by atoms with van der Waals surface area (Å²) in [5.41, 5.74) is 17.0. The minimum absolute atomic E-state index is 0.00722. The van der Waals surface area contributed by atoms with E-state index in [4.69, 9.17) is 41.3 Å². The van der Waals surface area contributed by atoms with Crippen molar-refractivity contribution >= 4 is 0 Å². The molecule has 0 amide bonds. The molecular weight excluding hydrogens is 514 g/mol. The average Bonchev–Trinajstić information content (AvgIpc) is 2.89. The van der Waals surface area contributed by atoms with E-state index in [2.05, 4.69) is 10.6 Å². The van der Waals surface area contributed by atoms with Crippen LogP contribution in [-0.2, 0) is 18.9 Å². The monoisotopic (exact) mass is 563 g/mol. The normalized spacial score (nSPS) is 42.1. The maximum absolute atomic E-state index is 11.5. The van der Waals surface area contributed by atoms with E-state index in [0.29, 0.717) is 44.5 Å². The lowest BCUT2D eigenvalue weighted by molar-refractivity contribution is -0.308. The maximum Gasteiger partial charge on any atom is 0.215 e. The highest BCUT2D eigenvalue weighted by atomic mass is 16.7. The largest absolute Gasteiger partial charge is 0.467 e. The van der Waals surface area contributed by atoms with Crippen LogP contribution in [0.25, 0.3) is 0 Å². The molecule has 39 heavy (non-hydrogen) atoms. The van der Waals surface area contributed by atoms with E-state index in [1.165, 1.54) is 0 Å². The molecule has 0 radical (unpaired) electrons. The van der Waals surface area contributed by atoms with E-state index in [-0.39, 0.29) is 25.7 Å². The summed E-state index contributed by atoms with van der Waals surface area (Å²) in [6, 6.07) is -1.83. The molecule has 3 rings (SSSR count). The Kier molecular flexibility index (Phi) is 12.3. The van der Waals surface area contributed by atoms with Crippen LogP contribution in [0, 0.1) is 5.92 Å². The third kappa shape index (κ3) is 8.29. The molecule has 2 fully saturated rings. The van der Waals surface area contributed by atoms with Gasteiger partial charge in [0.1, 0.15) is 29.7 Å². The Labute approximate surface area is 229 Å². The molecule has 2 aliphatic heterocycles. The quantitative estimate of drug-likeness (QED) is 0.0966. The van der Waals surface area contributed by atoms with E-state index in [9.17, 15) is 20.4 Å². The Balaban J connectivity index is 1.75. The van der Waals surface area contributed by atoms with Crippen LogP contribution >= 0.6 is 0 Å². The van der Waals surface area contributed by atoms with Crippen molar-refractivity contribution in [1.82, 2.24) is 10.6 Å². The van der Waals surface area contributed by atoms with Gasteiger partial charge in [-0.05, 0) is 51.6 Å². The predicted molar refractivity (Wildman–Crippen MR) is 141 cm³/mol. The lowest BCUT2D eigenvalue weighted by Crippen LogP contribution is -2.67. The van der Waals surface area contributed by atoms with E-state index < -0.39 is 66.8 Å². The summed E-state index contributed by atoms with van der Waals surface area (Å²) in [5, 5.41) is 58.1. The second-order valence-corrected chi connectivity index (χ2v) is 11.1. The predicted octanol–water partition coefficient (Wildman–Crippen LogP) is -3.84. The van der Waals surface area contributed by atoms with Gasteiger partial charge in [0.15, 0.2) is 6.29 Å². The molecule has 3 aliphatic rings. The first-order valence-electron chi connectivity index (χ1n) is 13.8. The Morgan fingerprint density at radius 2 is 1.87 bits per heavy atom. The van der Waals surface area contributed by atoms with Crippen molar-refractivity contribution in [3.63, 3.8) is 0 Å². The summed E-state index contributed by atoms with van der Waals surface area (Å²) in [5.74, 6) is 0.306. The second-order valence-electron chi connectivity index (χ2n) is 11.1. The third-order valence-corrected chi connectivity index (χ3v) is 7.82. The van der Waals surface area contributed by atoms with E-state index >= 15 is 0 Å². The van der Waals surface area contributed by atoms with Crippen LogP contribution in [0.15, 0.2) is 11.8 Å². The third-order valence-electron chi connectivity index (χ3n) is 7.82. The number of hydrogen-bond acceptors (Lipinski definition) is 14. The Morgan fingerprint density at radius 3 is 2.54 bits per heavy atom. The van der Waals surface area contributed by atoms with Gasteiger partial charge in [-0.1, -0.05) is 0 Å². The van der Waals surface area contributed by atoms with Crippen molar-refractivity contribution in [2.45, 2.75) is 99.4 Å². The van der Waals surface area contributed by atoms with Crippen molar-refractivity contribution < 1.29 is 44.5 Å². The molecule has 0 aromatic rings. The average molecular weight is 564 g/mol. The summed E-state index contributed by atoms with van der Waals surface area (Å²) < 4.78 is 24.0. The van der Waals surface area contributed by atoms with Crippen molar-refractivity contribution in [3.8, 4) is 0 Å². The summed E-state index contributed by atoms with van der Waals surface area (Å²) >= 11 is 0. The van der Waals surface area contributed by atoms with Gasteiger partial charge in [0.05, 0.1) is 44.1 Å². The Morgan fingerprint density at radius 1 is 1.15 bits per heavy atom. The van der Waals surface area contributed by atoms with E-state index in [1.807, 2.05) is 6.08 Å². The van der Waals surface area contributed by atoms with Gasteiger partial charge in [-0.3, -0.25) is 0 Å². The van der Waals surface area contributed by atoms with Crippen LogP contribution < -0.4 is 27.8 Å². The van der Waals surface area contributed by atoms with Crippen LogP contribution in [0.3, 0.4) is 0 Å². The van der Waals surface area contributed by atoms with Gasteiger partial charge < -0.3 is 72.3 Å². The van der Waals surface area contributed by atoms with Crippen LogP contribution in [-0.4, -0.2) is 132 Å². The van der Waals surface area contributed by atoms with Gasteiger partial charge in [0.2, 0.25) is 6.29 Å². The molecule has 1 saturated carbocycles. The molecule has 228 valence electrons. The minimum atomic E-state index is -1.33. The molecule has 0 bridgehead atoms. The zero-order chi connectivity index (χ0) is 28.7. The molecule has 0 aromatic carbocycles. The zero-order valence-corrected chi connectivity index (χ0v) is 22.9. The van der Waals surface area contributed by atoms with Crippen LogP contribution in [0.2, 0.25) is 0 Å². The molecule has 2 heterocycles. The van der Waals surface area contributed by atoms with Gasteiger partial charge in [-0.2, -0.15) is 0 Å². The van der Waals surface area contributed by atoms with Crippen molar-refractivity contribution in [3.05, 3.63) is 11.8 Å². The number of ether oxygens (including phenoxy) is 4. The number of aliphatic hydroxyl groups is 5. The molecule has 14 heteroatoms. The minimum Gasteiger partial charge on any atom is -0.467 e. The fourth-order valence-electron chi connectivity index (χ4n) is 5.59. The molecule has 14 nitrogen and oxygen atoms in total. The summed E-state index contributed by atoms with van der Waals surface area (Å²) in [7, 11) is 1.62. The van der Waals surface area contributed by atoms with Crippen molar-refractivity contribution in [2.24, 2.45) is 23.1 Å². The van der Waals surface area contributed by atoms with Gasteiger partial charge in [-0.15, -0.1) is 0 Å². The van der Waals surface area contributed by atoms with Crippen LogP contribution in [0.4, 0.5) is 0 Å². The summed E-state index contributed by atoms with van der Waals surface area (Å²) in [6.45, 7) is 2.34. The molecule has 1 saturated heterocycles. The SMILES string of the molecule is CN[C@@H]1[C@@H](O)[C@@H](O[C@H]2[C@H](CCC(O)CN)C[C@H](N)C(O[C@H]3OC(CNCCO)=CC[C@H]3N)[C@@H]2O)OC[C@]1(C)O. The molecule has 12 atom stereocenters. The van der Waals surface area contributed by atoms with E-state index in [0.717, 1.165) is 0 Å². The lowest BCUT2D eigenvalue weighted by Gasteiger charge is -2.49. The number of nitrogens with two attached hydrogens (primary N) is 3. The number of likely N-dealkylation sites (N-methyl/N-ethyl adjacent to an activating group) is 1. The lowest BCUT2D eigenvalue weighted by atomic mass is 9.77. The molecule has 0 spiro atoms.